The van der Waals surface area contributed by atoms with Crippen molar-refractivity contribution < 1.29 is 14.3 Å². The molecule has 40 heavy (non-hydrogen) atoms. The van der Waals surface area contributed by atoms with Gasteiger partial charge in [-0.05, 0) is 54.7 Å². The van der Waals surface area contributed by atoms with Crippen LogP contribution in [0.15, 0.2) is 91.5 Å². The van der Waals surface area contributed by atoms with Gasteiger partial charge in [-0.15, -0.1) is 0 Å². The van der Waals surface area contributed by atoms with Crippen LogP contribution in [0.4, 0.5) is 0 Å². The van der Waals surface area contributed by atoms with E-state index < -0.39 is 0 Å². The Bertz CT molecular complexity index is 1140. The zero-order valence-corrected chi connectivity index (χ0v) is 24.3. The summed E-state index contributed by atoms with van der Waals surface area (Å²) < 4.78 is 11.7. The molecule has 3 aromatic rings. The van der Waals surface area contributed by atoms with Crippen LogP contribution in [0.1, 0.15) is 98.2 Å². The second-order valence-corrected chi connectivity index (χ2v) is 10.5. The van der Waals surface area contributed by atoms with Crippen LogP contribution in [0, 0.1) is 0 Å². The molecule has 3 heteroatoms. The smallest absolute Gasteiger partial charge is 0.185 e. The monoisotopic (exact) mass is 538 g/mol. The number of allylic oxidation sites excluding steroid dienone is 2. The molecule has 0 saturated carbocycles. The first kappa shape index (κ1) is 31.1. The summed E-state index contributed by atoms with van der Waals surface area (Å²) in [5.41, 5.74) is 5.22. The Hall–Kier alpha value is -3.43. The van der Waals surface area contributed by atoms with Crippen LogP contribution in [0.2, 0.25) is 0 Å². The molecule has 0 unspecified atom stereocenters. The summed E-state index contributed by atoms with van der Waals surface area (Å²) in [7, 11) is 0. The van der Waals surface area contributed by atoms with Crippen LogP contribution in [-0.2, 0) is 11.3 Å². The van der Waals surface area contributed by atoms with Crippen molar-refractivity contribution in [1.82, 2.24) is 0 Å². The number of rotatable bonds is 20. The fraction of sp³-hybridized carbons (Fsp3) is 0.378. The Balaban J connectivity index is 1.10. The molecule has 0 heterocycles. The molecule has 0 aliphatic rings. The summed E-state index contributed by atoms with van der Waals surface area (Å²) in [6.45, 7) is 8.31. The lowest BCUT2D eigenvalue weighted by atomic mass is 10.1. The highest BCUT2D eigenvalue weighted by molar-refractivity contribution is 6.06. The van der Waals surface area contributed by atoms with E-state index in [4.69, 9.17) is 9.47 Å². The van der Waals surface area contributed by atoms with E-state index >= 15 is 0 Å². The molecule has 3 aromatic carbocycles. The van der Waals surface area contributed by atoms with Gasteiger partial charge >= 0.3 is 0 Å². The molecule has 212 valence electrons. The molecule has 0 aromatic heterocycles. The highest BCUT2D eigenvalue weighted by Gasteiger charge is 2.01. The van der Waals surface area contributed by atoms with Gasteiger partial charge in [0.05, 0.1) is 13.2 Å². The highest BCUT2D eigenvalue weighted by Crippen LogP contribution is 2.16. The van der Waals surface area contributed by atoms with E-state index in [9.17, 15) is 4.79 Å². The van der Waals surface area contributed by atoms with Gasteiger partial charge in [-0.3, -0.25) is 4.79 Å². The predicted molar refractivity (Wildman–Crippen MR) is 169 cm³/mol. The summed E-state index contributed by atoms with van der Waals surface area (Å²) in [5.74, 6) is 0.897. The molecule has 0 spiro atoms. The minimum absolute atomic E-state index is 0.0134. The molecule has 3 nitrogen and oxygen atoms in total. The standard InChI is InChI=1S/C37H46O3/c1-31(2)34-23-18-33(19-24-34)30-39-28-14-9-7-5-3-4-6-8-10-15-29-40-36-25-20-32(21-26-36)22-27-37(38)35-16-12-11-13-17-35/h11-13,16-27H,1,3-10,14-15,28-30H2,2H3. The second kappa shape index (κ2) is 18.8. The first-order valence-corrected chi connectivity index (χ1v) is 14.9. The van der Waals surface area contributed by atoms with Crippen molar-refractivity contribution in [2.24, 2.45) is 0 Å². The molecule has 0 aliphatic carbocycles. The minimum atomic E-state index is 0.0134. The molecule has 0 bridgehead atoms. The number of ketones is 1. The largest absolute Gasteiger partial charge is 0.494 e. The van der Waals surface area contributed by atoms with Crippen molar-refractivity contribution in [1.29, 1.82) is 0 Å². The molecular weight excluding hydrogens is 492 g/mol. The third kappa shape index (κ3) is 12.6. The van der Waals surface area contributed by atoms with Gasteiger partial charge in [0.2, 0.25) is 0 Å². The lowest BCUT2D eigenvalue weighted by Gasteiger charge is -2.07. The predicted octanol–water partition coefficient (Wildman–Crippen LogP) is 10.1. The molecule has 0 radical (unpaired) electrons. The van der Waals surface area contributed by atoms with Gasteiger partial charge in [0.1, 0.15) is 5.75 Å². The van der Waals surface area contributed by atoms with Gasteiger partial charge in [0.15, 0.2) is 5.78 Å². The normalized spacial score (nSPS) is 11.1. The zero-order valence-electron chi connectivity index (χ0n) is 24.3. The van der Waals surface area contributed by atoms with E-state index in [1.54, 1.807) is 6.08 Å². The topological polar surface area (TPSA) is 35.5 Å². The van der Waals surface area contributed by atoms with Gasteiger partial charge in [-0.25, -0.2) is 0 Å². The maximum absolute atomic E-state index is 12.2. The summed E-state index contributed by atoms with van der Waals surface area (Å²) in [6, 6.07) is 25.7. The lowest BCUT2D eigenvalue weighted by Crippen LogP contribution is -1.97. The van der Waals surface area contributed by atoms with Gasteiger partial charge in [-0.2, -0.15) is 0 Å². The van der Waals surface area contributed by atoms with Crippen molar-refractivity contribution in [2.45, 2.75) is 77.7 Å². The van der Waals surface area contributed by atoms with Gasteiger partial charge in [0.25, 0.3) is 0 Å². The quantitative estimate of drug-likeness (QED) is 0.0815. The number of ether oxygens (including phenoxy) is 2. The van der Waals surface area contributed by atoms with Gasteiger partial charge in [0, 0.05) is 12.2 Å². The third-order valence-corrected chi connectivity index (χ3v) is 7.03. The molecule has 0 atom stereocenters. The maximum atomic E-state index is 12.2. The number of unbranched alkanes of at least 4 members (excludes halogenated alkanes) is 9. The number of benzene rings is 3. The molecule has 0 aliphatic heterocycles. The molecule has 3 rings (SSSR count). The number of hydrogen-bond acceptors (Lipinski definition) is 3. The summed E-state index contributed by atoms with van der Waals surface area (Å²) in [6.07, 6.45) is 16.1. The Labute approximate surface area is 241 Å². The van der Waals surface area contributed by atoms with Crippen LogP contribution in [0.25, 0.3) is 11.6 Å². The fourth-order valence-corrected chi connectivity index (χ4v) is 4.53. The number of carbonyl (C=O) groups excluding carboxylic acids is 1. The first-order valence-electron chi connectivity index (χ1n) is 14.9. The molecule has 0 saturated heterocycles. The van der Waals surface area contributed by atoms with Gasteiger partial charge < -0.3 is 9.47 Å². The van der Waals surface area contributed by atoms with Crippen molar-refractivity contribution in [3.8, 4) is 5.75 Å². The first-order chi connectivity index (χ1) is 19.6. The SMILES string of the molecule is C=C(C)c1ccc(COCCCCCCCCCCCCOc2ccc(C=CC(=O)c3ccccc3)cc2)cc1. The van der Waals surface area contributed by atoms with Crippen molar-refractivity contribution in [3.05, 3.63) is 114 Å². The average molecular weight is 539 g/mol. The Kier molecular flexibility index (Phi) is 14.6. The summed E-state index contributed by atoms with van der Waals surface area (Å²) in [5, 5.41) is 0. The number of carbonyl (C=O) groups is 1. The summed E-state index contributed by atoms with van der Waals surface area (Å²) in [4.78, 5) is 12.2. The lowest BCUT2D eigenvalue weighted by molar-refractivity contribution is 0.104. The Morgan fingerprint density at radius 1 is 0.675 bits per heavy atom. The summed E-state index contributed by atoms with van der Waals surface area (Å²) >= 11 is 0. The van der Waals surface area contributed by atoms with E-state index in [0.717, 1.165) is 42.9 Å². The molecular formula is C37H46O3. The second-order valence-electron chi connectivity index (χ2n) is 10.5. The highest BCUT2D eigenvalue weighted by atomic mass is 16.5. The maximum Gasteiger partial charge on any atom is 0.185 e. The zero-order chi connectivity index (χ0) is 28.3. The van der Waals surface area contributed by atoms with E-state index in [2.05, 4.69) is 30.8 Å². The van der Waals surface area contributed by atoms with E-state index in [1.165, 1.54) is 62.5 Å². The van der Waals surface area contributed by atoms with Gasteiger partial charge in [-0.1, -0.05) is 136 Å². The molecule has 0 fully saturated rings. The Morgan fingerprint density at radius 2 is 1.25 bits per heavy atom. The van der Waals surface area contributed by atoms with Crippen molar-refractivity contribution >= 4 is 17.4 Å². The fourth-order valence-electron chi connectivity index (χ4n) is 4.53. The van der Waals surface area contributed by atoms with E-state index in [0.29, 0.717) is 12.2 Å². The average Bonchev–Trinajstić information content (AvgIpc) is 2.99. The Morgan fingerprint density at radius 3 is 1.85 bits per heavy atom. The van der Waals surface area contributed by atoms with Crippen molar-refractivity contribution in [2.75, 3.05) is 13.2 Å². The van der Waals surface area contributed by atoms with Crippen molar-refractivity contribution in [3.63, 3.8) is 0 Å². The minimum Gasteiger partial charge on any atom is -0.494 e. The van der Waals surface area contributed by atoms with Crippen LogP contribution < -0.4 is 4.74 Å². The van der Waals surface area contributed by atoms with Crippen LogP contribution in [0.5, 0.6) is 5.75 Å². The van der Waals surface area contributed by atoms with Crippen LogP contribution in [0.3, 0.4) is 0 Å². The van der Waals surface area contributed by atoms with E-state index in [1.807, 2.05) is 67.6 Å². The molecule has 0 N–H and O–H groups in total. The van der Waals surface area contributed by atoms with E-state index in [-0.39, 0.29) is 5.78 Å². The third-order valence-electron chi connectivity index (χ3n) is 7.03. The number of hydrogen-bond donors (Lipinski definition) is 0. The molecule has 0 amide bonds. The van der Waals surface area contributed by atoms with Crippen LogP contribution >= 0.6 is 0 Å². The van der Waals surface area contributed by atoms with Crippen LogP contribution in [-0.4, -0.2) is 19.0 Å².